The SMILES string of the molecule is COC1(c2ccccc2)OC(C)C(C)(C)O1. The molecule has 1 saturated heterocycles. The van der Waals surface area contributed by atoms with Gasteiger partial charge in [-0.3, -0.25) is 0 Å². The molecule has 0 spiro atoms. The summed E-state index contributed by atoms with van der Waals surface area (Å²) in [6.07, 6.45) is -0.0207. The van der Waals surface area contributed by atoms with Crippen molar-refractivity contribution in [3.05, 3.63) is 35.9 Å². The first-order chi connectivity index (χ1) is 7.50. The molecule has 2 rings (SSSR count). The Kier molecular flexibility index (Phi) is 2.78. The minimum Gasteiger partial charge on any atom is -0.327 e. The highest BCUT2D eigenvalue weighted by Gasteiger charge is 2.52. The predicted molar refractivity (Wildman–Crippen MR) is 60.8 cm³/mol. The van der Waals surface area contributed by atoms with E-state index in [9.17, 15) is 0 Å². The van der Waals surface area contributed by atoms with Gasteiger partial charge in [-0.25, -0.2) is 0 Å². The molecule has 0 aliphatic carbocycles. The molecule has 2 unspecified atom stereocenters. The summed E-state index contributed by atoms with van der Waals surface area (Å²) in [7, 11) is 1.60. The minimum absolute atomic E-state index is 0.0207. The van der Waals surface area contributed by atoms with Gasteiger partial charge in [0.2, 0.25) is 0 Å². The van der Waals surface area contributed by atoms with Crippen LogP contribution in [0.4, 0.5) is 0 Å². The van der Waals surface area contributed by atoms with Gasteiger partial charge in [-0.1, -0.05) is 30.3 Å². The number of benzene rings is 1. The summed E-state index contributed by atoms with van der Waals surface area (Å²) >= 11 is 0. The lowest BCUT2D eigenvalue weighted by molar-refractivity contribution is -0.348. The Balaban J connectivity index is 2.37. The molecule has 1 aliphatic rings. The van der Waals surface area contributed by atoms with Gasteiger partial charge < -0.3 is 14.2 Å². The Morgan fingerprint density at radius 1 is 1.19 bits per heavy atom. The fraction of sp³-hybridized carbons (Fsp3) is 0.538. The second-order valence-electron chi connectivity index (χ2n) is 4.59. The van der Waals surface area contributed by atoms with Crippen molar-refractivity contribution in [2.45, 2.75) is 38.4 Å². The zero-order valence-corrected chi connectivity index (χ0v) is 10.2. The summed E-state index contributed by atoms with van der Waals surface area (Å²) in [4.78, 5) is 0. The van der Waals surface area contributed by atoms with Crippen LogP contribution in [0.3, 0.4) is 0 Å². The Hall–Kier alpha value is -0.900. The fourth-order valence-electron chi connectivity index (χ4n) is 1.80. The predicted octanol–water partition coefficient (Wildman–Crippen LogP) is 2.66. The number of hydrogen-bond acceptors (Lipinski definition) is 3. The standard InChI is InChI=1S/C13H18O3/c1-10-12(2,3)16-13(14-4,15-10)11-8-6-5-7-9-11/h5-10H,1-4H3. The molecule has 1 aromatic rings. The zero-order chi connectivity index (χ0) is 11.8. The van der Waals surface area contributed by atoms with E-state index >= 15 is 0 Å². The molecule has 0 bridgehead atoms. The normalized spacial score (nSPS) is 32.9. The van der Waals surface area contributed by atoms with Gasteiger partial charge >= 0.3 is 5.97 Å². The highest BCUT2D eigenvalue weighted by molar-refractivity contribution is 5.19. The van der Waals surface area contributed by atoms with Crippen LogP contribution in [0.5, 0.6) is 0 Å². The van der Waals surface area contributed by atoms with Crippen molar-refractivity contribution >= 4 is 0 Å². The molecule has 0 radical (unpaired) electrons. The Morgan fingerprint density at radius 2 is 1.81 bits per heavy atom. The van der Waals surface area contributed by atoms with E-state index in [1.165, 1.54) is 0 Å². The van der Waals surface area contributed by atoms with Gasteiger partial charge in [0.25, 0.3) is 0 Å². The third-order valence-corrected chi connectivity index (χ3v) is 3.10. The Bertz CT molecular complexity index is 361. The maximum Gasteiger partial charge on any atom is 0.312 e. The highest BCUT2D eigenvalue weighted by atomic mass is 16.9. The van der Waals surface area contributed by atoms with Crippen LogP contribution < -0.4 is 0 Å². The molecule has 16 heavy (non-hydrogen) atoms. The summed E-state index contributed by atoms with van der Waals surface area (Å²) in [6.45, 7) is 5.99. The van der Waals surface area contributed by atoms with Crippen LogP contribution in [0.15, 0.2) is 30.3 Å². The molecule has 0 N–H and O–H groups in total. The molecule has 0 saturated carbocycles. The largest absolute Gasteiger partial charge is 0.327 e. The van der Waals surface area contributed by atoms with Crippen LogP contribution in [0.2, 0.25) is 0 Å². The molecule has 88 valence electrons. The summed E-state index contributed by atoms with van der Waals surface area (Å²) in [6, 6.07) is 9.73. The van der Waals surface area contributed by atoms with Gasteiger partial charge in [0.05, 0.1) is 11.7 Å². The average Bonchev–Trinajstić information content (AvgIpc) is 2.52. The highest BCUT2D eigenvalue weighted by Crippen LogP contribution is 2.43. The topological polar surface area (TPSA) is 27.7 Å². The monoisotopic (exact) mass is 222 g/mol. The van der Waals surface area contributed by atoms with Gasteiger partial charge in [0.15, 0.2) is 0 Å². The maximum atomic E-state index is 5.94. The number of rotatable bonds is 2. The van der Waals surface area contributed by atoms with Crippen molar-refractivity contribution < 1.29 is 14.2 Å². The van der Waals surface area contributed by atoms with E-state index in [2.05, 4.69) is 0 Å². The molecule has 1 fully saturated rings. The smallest absolute Gasteiger partial charge is 0.312 e. The average molecular weight is 222 g/mol. The van der Waals surface area contributed by atoms with Crippen LogP contribution in [-0.4, -0.2) is 18.8 Å². The molecule has 0 aromatic heterocycles. The summed E-state index contributed by atoms with van der Waals surface area (Å²) in [5, 5.41) is 0. The lowest BCUT2D eigenvalue weighted by Gasteiger charge is -2.27. The van der Waals surface area contributed by atoms with Crippen LogP contribution in [0, 0.1) is 0 Å². The van der Waals surface area contributed by atoms with Crippen molar-refractivity contribution in [1.29, 1.82) is 0 Å². The zero-order valence-electron chi connectivity index (χ0n) is 10.2. The van der Waals surface area contributed by atoms with Crippen molar-refractivity contribution in [3.63, 3.8) is 0 Å². The number of ether oxygens (including phenoxy) is 3. The maximum absolute atomic E-state index is 5.94. The number of hydrogen-bond donors (Lipinski definition) is 0. The second kappa shape index (κ2) is 3.84. The van der Waals surface area contributed by atoms with Crippen LogP contribution >= 0.6 is 0 Å². The first-order valence-electron chi connectivity index (χ1n) is 5.49. The third-order valence-electron chi connectivity index (χ3n) is 3.10. The lowest BCUT2D eigenvalue weighted by Crippen LogP contribution is -2.33. The van der Waals surface area contributed by atoms with E-state index < -0.39 is 5.97 Å². The fourth-order valence-corrected chi connectivity index (χ4v) is 1.80. The van der Waals surface area contributed by atoms with E-state index in [-0.39, 0.29) is 11.7 Å². The van der Waals surface area contributed by atoms with Gasteiger partial charge in [0.1, 0.15) is 0 Å². The van der Waals surface area contributed by atoms with Gasteiger partial charge in [-0.2, -0.15) is 0 Å². The van der Waals surface area contributed by atoms with Crippen LogP contribution in [-0.2, 0) is 20.2 Å². The molecular weight excluding hydrogens is 204 g/mol. The minimum atomic E-state index is -1.07. The first-order valence-corrected chi connectivity index (χ1v) is 5.49. The molecule has 1 aliphatic heterocycles. The Labute approximate surface area is 96.3 Å². The van der Waals surface area contributed by atoms with Crippen molar-refractivity contribution in [3.8, 4) is 0 Å². The van der Waals surface area contributed by atoms with Gasteiger partial charge in [-0.15, -0.1) is 0 Å². The summed E-state index contributed by atoms with van der Waals surface area (Å²) in [5.41, 5.74) is 0.529. The second-order valence-corrected chi connectivity index (χ2v) is 4.59. The molecule has 1 heterocycles. The van der Waals surface area contributed by atoms with Crippen molar-refractivity contribution in [2.75, 3.05) is 7.11 Å². The van der Waals surface area contributed by atoms with Crippen LogP contribution in [0.25, 0.3) is 0 Å². The van der Waals surface area contributed by atoms with E-state index in [0.29, 0.717) is 0 Å². The molecule has 3 heteroatoms. The van der Waals surface area contributed by atoms with Crippen LogP contribution in [0.1, 0.15) is 26.3 Å². The molecule has 2 atom stereocenters. The Morgan fingerprint density at radius 3 is 2.25 bits per heavy atom. The lowest BCUT2D eigenvalue weighted by atomic mass is 10.0. The molecular formula is C13H18O3. The first kappa shape index (κ1) is 11.6. The van der Waals surface area contributed by atoms with E-state index in [4.69, 9.17) is 14.2 Å². The molecule has 0 amide bonds. The summed E-state index contributed by atoms with van der Waals surface area (Å²) in [5.74, 6) is -1.07. The van der Waals surface area contributed by atoms with Crippen molar-refractivity contribution in [2.24, 2.45) is 0 Å². The van der Waals surface area contributed by atoms with E-state index in [1.807, 2.05) is 51.1 Å². The molecule has 3 nitrogen and oxygen atoms in total. The quantitative estimate of drug-likeness (QED) is 0.770. The van der Waals surface area contributed by atoms with Gasteiger partial charge in [-0.05, 0) is 20.8 Å². The molecule has 1 aromatic carbocycles. The summed E-state index contributed by atoms with van der Waals surface area (Å²) < 4.78 is 17.2. The van der Waals surface area contributed by atoms with E-state index in [0.717, 1.165) is 5.56 Å². The third kappa shape index (κ3) is 1.75. The van der Waals surface area contributed by atoms with Gasteiger partial charge in [0, 0.05) is 12.7 Å². The van der Waals surface area contributed by atoms with E-state index in [1.54, 1.807) is 7.11 Å². The number of methoxy groups -OCH3 is 1. The van der Waals surface area contributed by atoms with Crippen molar-refractivity contribution in [1.82, 2.24) is 0 Å².